The van der Waals surface area contributed by atoms with Gasteiger partial charge in [0, 0.05) is 11.7 Å². The number of halogens is 1. The van der Waals surface area contributed by atoms with E-state index >= 15 is 0 Å². The summed E-state index contributed by atoms with van der Waals surface area (Å²) in [7, 11) is -0.860. The first-order chi connectivity index (χ1) is 12.6. The molecule has 0 spiro atoms. The van der Waals surface area contributed by atoms with Gasteiger partial charge in [0.1, 0.15) is 5.02 Å². The topological polar surface area (TPSA) is 103 Å². The van der Waals surface area contributed by atoms with Crippen LogP contribution in [0.5, 0.6) is 0 Å². The summed E-state index contributed by atoms with van der Waals surface area (Å²) in [6, 6.07) is 7.95. The van der Waals surface area contributed by atoms with Gasteiger partial charge in [0.15, 0.2) is 5.82 Å². The molecule has 1 fully saturated rings. The van der Waals surface area contributed by atoms with Crippen molar-refractivity contribution in [3.8, 4) is 6.07 Å². The molecule has 2 aromatic rings. The summed E-state index contributed by atoms with van der Waals surface area (Å²) in [5, 5.41) is 25.8. The van der Waals surface area contributed by atoms with Crippen molar-refractivity contribution < 1.29 is 9.68 Å². The molecule has 1 aromatic carbocycles. The normalized spacial score (nSPS) is 21.3. The number of hydrogen-bond donors (Lipinski definition) is 3. The van der Waals surface area contributed by atoms with Gasteiger partial charge in [-0.2, -0.15) is 10.2 Å². The van der Waals surface area contributed by atoms with Crippen molar-refractivity contribution in [1.82, 2.24) is 9.97 Å². The molecule has 1 aliphatic heterocycles. The molecule has 0 saturated heterocycles. The summed E-state index contributed by atoms with van der Waals surface area (Å²) < 4.78 is 5.20. The molecule has 132 valence electrons. The predicted molar refractivity (Wildman–Crippen MR) is 99.5 cm³/mol. The molecule has 4 rings (SSSR count). The summed E-state index contributed by atoms with van der Waals surface area (Å²) in [4.78, 5) is 8.67. The van der Waals surface area contributed by atoms with Crippen molar-refractivity contribution in [2.75, 3.05) is 10.6 Å². The van der Waals surface area contributed by atoms with Gasteiger partial charge < -0.3 is 20.3 Å². The molecule has 0 bridgehead atoms. The van der Waals surface area contributed by atoms with Crippen LogP contribution in [0.25, 0.3) is 0 Å². The van der Waals surface area contributed by atoms with Crippen molar-refractivity contribution in [1.29, 1.82) is 5.26 Å². The number of benzene rings is 1. The maximum Gasteiger partial charge on any atom is 0.491 e. The Morgan fingerprint density at radius 3 is 3.12 bits per heavy atom. The minimum absolute atomic E-state index is 0.0272. The zero-order valence-corrected chi connectivity index (χ0v) is 14.7. The molecule has 2 atom stereocenters. The number of fused-ring (bicyclic) bond motifs is 1. The van der Waals surface area contributed by atoms with Gasteiger partial charge in [-0.25, -0.2) is 4.98 Å². The second-order valence-electron chi connectivity index (χ2n) is 6.51. The van der Waals surface area contributed by atoms with Crippen LogP contribution in [-0.4, -0.2) is 28.2 Å². The molecule has 0 amide bonds. The second-order valence-corrected chi connectivity index (χ2v) is 6.92. The minimum atomic E-state index is -0.860. The van der Waals surface area contributed by atoms with Gasteiger partial charge in [-0.15, -0.1) is 0 Å². The van der Waals surface area contributed by atoms with Gasteiger partial charge in [-0.05, 0) is 42.4 Å². The van der Waals surface area contributed by atoms with E-state index in [4.69, 9.17) is 16.3 Å². The molecule has 9 heteroatoms. The van der Waals surface area contributed by atoms with E-state index in [0.29, 0.717) is 23.4 Å². The number of aromatic nitrogens is 2. The molecule has 1 aromatic heterocycles. The third kappa shape index (κ3) is 3.34. The van der Waals surface area contributed by atoms with E-state index in [1.54, 1.807) is 0 Å². The lowest BCUT2D eigenvalue weighted by atomic mass is 9.79. The van der Waals surface area contributed by atoms with Crippen molar-refractivity contribution >= 4 is 41.6 Å². The van der Waals surface area contributed by atoms with Crippen LogP contribution in [0.2, 0.25) is 5.02 Å². The molecule has 1 unspecified atom stereocenters. The molecular formula is C17H17BClN5O2. The predicted octanol–water partition coefficient (Wildman–Crippen LogP) is 2.20. The van der Waals surface area contributed by atoms with Gasteiger partial charge in [-0.3, -0.25) is 0 Å². The average molecular weight is 370 g/mol. The third-order valence-corrected chi connectivity index (χ3v) is 5.09. The van der Waals surface area contributed by atoms with Gasteiger partial charge in [0.05, 0.1) is 24.8 Å². The number of nitrogens with one attached hydrogen (secondary N) is 2. The Bertz CT molecular complexity index is 875. The summed E-state index contributed by atoms with van der Waals surface area (Å²) in [5.74, 6) is 0.902. The van der Waals surface area contributed by atoms with Crippen LogP contribution < -0.4 is 16.1 Å². The van der Waals surface area contributed by atoms with Crippen LogP contribution in [0.1, 0.15) is 24.8 Å². The highest BCUT2D eigenvalue weighted by Crippen LogP contribution is 2.30. The summed E-state index contributed by atoms with van der Waals surface area (Å²) in [6.45, 7) is 0.373. The largest absolute Gasteiger partial charge is 0.491 e. The molecule has 1 aliphatic carbocycles. The Hall–Kier alpha value is -2.34. The Morgan fingerprint density at radius 1 is 1.38 bits per heavy atom. The van der Waals surface area contributed by atoms with E-state index in [0.717, 1.165) is 36.0 Å². The lowest BCUT2D eigenvalue weighted by Gasteiger charge is -2.17. The van der Waals surface area contributed by atoms with Gasteiger partial charge in [-0.1, -0.05) is 17.7 Å². The van der Waals surface area contributed by atoms with Crippen molar-refractivity contribution in [2.45, 2.75) is 31.9 Å². The van der Waals surface area contributed by atoms with Crippen molar-refractivity contribution in [3.63, 3.8) is 0 Å². The summed E-state index contributed by atoms with van der Waals surface area (Å²) >= 11 is 6.22. The number of anilines is 3. The number of hydrogen-bond acceptors (Lipinski definition) is 7. The van der Waals surface area contributed by atoms with Crippen LogP contribution in [0.4, 0.5) is 17.5 Å². The van der Waals surface area contributed by atoms with Gasteiger partial charge in [0.2, 0.25) is 5.95 Å². The van der Waals surface area contributed by atoms with Crippen LogP contribution >= 0.6 is 11.6 Å². The lowest BCUT2D eigenvalue weighted by molar-refractivity contribution is 0.275. The highest BCUT2D eigenvalue weighted by Gasteiger charge is 2.28. The molecule has 2 aliphatic rings. The quantitative estimate of drug-likeness (QED) is 0.710. The Kier molecular flexibility index (Phi) is 4.68. The highest BCUT2D eigenvalue weighted by atomic mass is 35.5. The molecule has 7 nitrogen and oxygen atoms in total. The van der Waals surface area contributed by atoms with Crippen molar-refractivity contribution in [2.24, 2.45) is 5.92 Å². The zero-order chi connectivity index (χ0) is 18.1. The monoisotopic (exact) mass is 369 g/mol. The fourth-order valence-electron chi connectivity index (χ4n) is 3.43. The Balaban J connectivity index is 1.52. The second kappa shape index (κ2) is 7.12. The fourth-order valence-corrected chi connectivity index (χ4v) is 3.57. The summed E-state index contributed by atoms with van der Waals surface area (Å²) in [5.41, 5.74) is 2.50. The highest BCUT2D eigenvalue weighted by molar-refractivity contribution is 6.61. The van der Waals surface area contributed by atoms with E-state index in [1.165, 1.54) is 6.20 Å². The first kappa shape index (κ1) is 17.1. The van der Waals surface area contributed by atoms with E-state index in [-0.39, 0.29) is 12.0 Å². The first-order valence-corrected chi connectivity index (χ1v) is 8.90. The molecule has 0 radical (unpaired) electrons. The molecule has 26 heavy (non-hydrogen) atoms. The molecule has 3 N–H and O–H groups in total. The molecule has 1 saturated carbocycles. The molecular weight excluding hydrogens is 352 g/mol. The van der Waals surface area contributed by atoms with Crippen LogP contribution in [0.15, 0.2) is 24.4 Å². The third-order valence-electron chi connectivity index (χ3n) is 4.81. The van der Waals surface area contributed by atoms with E-state index in [1.807, 2.05) is 18.2 Å². The van der Waals surface area contributed by atoms with Crippen molar-refractivity contribution in [3.05, 3.63) is 35.0 Å². The van der Waals surface area contributed by atoms with Crippen LogP contribution in [0, 0.1) is 17.2 Å². The standard InChI is InChI=1S/C17H17BClN5O2/c19-14-8-21-17(24-16(14)23-15-3-1-2-10(15)7-20)22-12-4-5-13-11(6-12)9-26-18(13)25/h4-6,8,10,15,25H,1-3,9H2,(H2,21,22,23,24)/t10?,15-/m0/s1. The SMILES string of the molecule is N#CC1CCC[C@@H]1Nc1nc(Nc2ccc3c(c2)COB3O)ncc1Cl. The van der Waals surface area contributed by atoms with Gasteiger partial charge in [0.25, 0.3) is 0 Å². The fraction of sp³-hybridized carbons (Fsp3) is 0.353. The Labute approximate surface area is 156 Å². The maximum atomic E-state index is 9.69. The first-order valence-electron chi connectivity index (χ1n) is 8.52. The van der Waals surface area contributed by atoms with Crippen LogP contribution in [-0.2, 0) is 11.3 Å². The van der Waals surface area contributed by atoms with Crippen LogP contribution in [0.3, 0.4) is 0 Å². The zero-order valence-electron chi connectivity index (χ0n) is 13.9. The lowest BCUT2D eigenvalue weighted by Crippen LogP contribution is -2.27. The van der Waals surface area contributed by atoms with Gasteiger partial charge >= 0.3 is 7.12 Å². The Morgan fingerprint density at radius 2 is 2.27 bits per heavy atom. The van der Waals surface area contributed by atoms with E-state index in [9.17, 15) is 10.3 Å². The van der Waals surface area contributed by atoms with E-state index in [2.05, 4.69) is 26.7 Å². The molecule has 2 heterocycles. The average Bonchev–Trinajstić information content (AvgIpc) is 3.24. The maximum absolute atomic E-state index is 9.69. The number of nitriles is 1. The number of rotatable bonds is 4. The number of nitrogens with zero attached hydrogens (tertiary/aromatic N) is 3. The smallest absolute Gasteiger partial charge is 0.423 e. The van der Waals surface area contributed by atoms with E-state index < -0.39 is 7.12 Å². The minimum Gasteiger partial charge on any atom is -0.423 e. The summed E-state index contributed by atoms with van der Waals surface area (Å²) in [6.07, 6.45) is 4.38.